The molecule has 38 heavy (non-hydrogen) atoms. The summed E-state index contributed by atoms with van der Waals surface area (Å²) in [6.45, 7) is 13.7. The highest BCUT2D eigenvalue weighted by molar-refractivity contribution is 5.81. The molecule has 1 amide bonds. The Bertz CT molecular complexity index is 1080. The Balaban J connectivity index is 1.05. The van der Waals surface area contributed by atoms with Crippen LogP contribution in [-0.4, -0.2) is 78.3 Å². The van der Waals surface area contributed by atoms with Gasteiger partial charge in [-0.05, 0) is 67.8 Å². The minimum atomic E-state index is 0.137. The smallest absolute Gasteiger partial charge is 0.324 e. The van der Waals surface area contributed by atoms with E-state index in [0.717, 1.165) is 96.1 Å². The van der Waals surface area contributed by atoms with Crippen LogP contribution >= 0.6 is 0 Å². The third-order valence-electron chi connectivity index (χ3n) is 8.43. The van der Waals surface area contributed by atoms with Gasteiger partial charge in [0, 0.05) is 51.1 Å². The molecule has 2 aliphatic heterocycles. The van der Waals surface area contributed by atoms with E-state index >= 15 is 0 Å². The molecule has 206 valence electrons. The molecule has 8 heteroatoms. The molecule has 0 bridgehead atoms. The zero-order valence-corrected chi connectivity index (χ0v) is 23.3. The van der Waals surface area contributed by atoms with Crippen LogP contribution in [0.1, 0.15) is 70.2 Å². The number of ether oxygens (including phenoxy) is 1. The molecule has 1 aromatic carbocycles. The number of aromatic nitrogens is 2. The Morgan fingerprint density at radius 2 is 1.79 bits per heavy atom. The summed E-state index contributed by atoms with van der Waals surface area (Å²) in [5.41, 5.74) is 2.60. The van der Waals surface area contributed by atoms with Crippen LogP contribution in [0.5, 0.6) is 5.75 Å². The normalized spacial score (nSPS) is 21.6. The average Bonchev–Trinajstić information content (AvgIpc) is 3.47. The second-order valence-corrected chi connectivity index (χ2v) is 11.3. The monoisotopic (exact) mass is 521 g/mol. The zero-order valence-electron chi connectivity index (χ0n) is 23.3. The second kappa shape index (κ2) is 12.3. The van der Waals surface area contributed by atoms with E-state index in [2.05, 4.69) is 76.0 Å². The van der Waals surface area contributed by atoms with Gasteiger partial charge in [-0.15, -0.1) is 0 Å². The van der Waals surface area contributed by atoms with Crippen molar-refractivity contribution in [3.05, 3.63) is 41.7 Å². The lowest BCUT2D eigenvalue weighted by Crippen LogP contribution is -2.50. The molecule has 3 aliphatic rings. The van der Waals surface area contributed by atoms with Crippen molar-refractivity contribution >= 4 is 17.5 Å². The van der Waals surface area contributed by atoms with Crippen molar-refractivity contribution in [3.63, 3.8) is 0 Å². The number of allylic oxidation sites excluding steroid dienone is 2. The molecule has 0 saturated carbocycles. The molecule has 5 rings (SSSR count). The molecule has 0 radical (unpaired) electrons. The fourth-order valence-electron chi connectivity index (χ4n) is 5.72. The van der Waals surface area contributed by atoms with Crippen molar-refractivity contribution in [3.8, 4) is 5.75 Å². The summed E-state index contributed by atoms with van der Waals surface area (Å²) in [6.07, 6.45) is 7.14. The molecular weight excluding hydrogens is 478 g/mol. The molecule has 2 saturated heterocycles. The molecule has 0 N–H and O–H groups in total. The van der Waals surface area contributed by atoms with Crippen molar-refractivity contribution in [1.82, 2.24) is 19.9 Å². The minimum Gasteiger partial charge on any atom is -0.493 e. The van der Waals surface area contributed by atoms with Crippen LogP contribution in [0.2, 0.25) is 0 Å². The van der Waals surface area contributed by atoms with Crippen molar-refractivity contribution in [2.24, 2.45) is 11.8 Å². The average molecular weight is 522 g/mol. The highest BCUT2D eigenvalue weighted by Gasteiger charge is 2.29. The number of nitrogens with zero attached hydrogens (tertiary/aromatic N) is 5. The molecule has 2 fully saturated rings. The van der Waals surface area contributed by atoms with Gasteiger partial charge < -0.3 is 24.0 Å². The maximum atomic E-state index is 13.0. The predicted octanol–water partition coefficient (Wildman–Crippen LogP) is 4.84. The molecule has 1 aromatic heterocycles. The lowest BCUT2D eigenvalue weighted by atomic mass is 9.85. The molecule has 2 aromatic rings. The lowest BCUT2D eigenvalue weighted by molar-refractivity contribution is -0.137. The number of piperazine rings is 1. The number of piperidine rings is 1. The molecular formula is C30H43N5O3. The van der Waals surface area contributed by atoms with Crippen LogP contribution in [0.15, 0.2) is 34.9 Å². The van der Waals surface area contributed by atoms with E-state index in [9.17, 15) is 4.79 Å². The van der Waals surface area contributed by atoms with Crippen molar-refractivity contribution < 1.29 is 14.1 Å². The highest BCUT2D eigenvalue weighted by atomic mass is 16.5. The van der Waals surface area contributed by atoms with Gasteiger partial charge in [-0.2, -0.15) is 4.98 Å². The zero-order chi connectivity index (χ0) is 26.5. The quantitative estimate of drug-likeness (QED) is 0.492. The van der Waals surface area contributed by atoms with Gasteiger partial charge >= 0.3 is 6.01 Å². The van der Waals surface area contributed by atoms with Gasteiger partial charge in [0.25, 0.3) is 0 Å². The number of anilines is 1. The van der Waals surface area contributed by atoms with E-state index in [4.69, 9.17) is 9.26 Å². The Morgan fingerprint density at radius 3 is 2.39 bits per heavy atom. The summed E-state index contributed by atoms with van der Waals surface area (Å²) in [4.78, 5) is 24.2. The van der Waals surface area contributed by atoms with Gasteiger partial charge in [-0.25, -0.2) is 0 Å². The first-order valence-corrected chi connectivity index (χ1v) is 14.5. The lowest BCUT2D eigenvalue weighted by Gasteiger charge is -2.36. The number of amides is 1. The molecule has 1 aliphatic carbocycles. The van der Waals surface area contributed by atoms with E-state index in [-0.39, 0.29) is 11.8 Å². The standard InChI is InChI=1S/C30H43N5O3/c1-4-33-17-19-34(20-18-33)29(36)26-7-5-24(6-8-26)25-9-11-27(12-10-25)37-21-23-13-15-35(16-14-23)30-31-28(22(2)3)32-38-30/h5,9-12,22-23,26H,4,6-8,13-21H2,1-3H3. The van der Waals surface area contributed by atoms with Gasteiger partial charge in [0.1, 0.15) is 5.75 Å². The molecule has 1 unspecified atom stereocenters. The SMILES string of the molecule is CCN1CCN(C(=O)C2CC=C(c3ccc(OCC4CCN(c5nc(C(C)C)no5)CC4)cc3)CC2)CC1. The first-order valence-electron chi connectivity index (χ1n) is 14.5. The second-order valence-electron chi connectivity index (χ2n) is 11.3. The first-order chi connectivity index (χ1) is 18.5. The predicted molar refractivity (Wildman–Crippen MR) is 149 cm³/mol. The number of carbonyl (C=O) groups is 1. The summed E-state index contributed by atoms with van der Waals surface area (Å²) in [5, 5.41) is 4.09. The summed E-state index contributed by atoms with van der Waals surface area (Å²) < 4.78 is 11.6. The van der Waals surface area contributed by atoms with Gasteiger partial charge in [0.2, 0.25) is 5.91 Å². The maximum Gasteiger partial charge on any atom is 0.324 e. The number of benzene rings is 1. The number of likely N-dealkylation sites (N-methyl/N-ethyl adjacent to an activating group) is 1. The van der Waals surface area contributed by atoms with E-state index in [0.29, 0.717) is 17.8 Å². The fraction of sp³-hybridized carbons (Fsp3) is 0.633. The molecule has 1 atom stereocenters. The highest BCUT2D eigenvalue weighted by Crippen LogP contribution is 2.32. The van der Waals surface area contributed by atoms with E-state index in [1.54, 1.807) is 0 Å². The largest absolute Gasteiger partial charge is 0.493 e. The van der Waals surface area contributed by atoms with E-state index < -0.39 is 0 Å². The summed E-state index contributed by atoms with van der Waals surface area (Å²) in [7, 11) is 0. The van der Waals surface area contributed by atoms with Crippen LogP contribution < -0.4 is 9.64 Å². The van der Waals surface area contributed by atoms with Gasteiger partial charge in [-0.3, -0.25) is 4.79 Å². The van der Waals surface area contributed by atoms with Crippen LogP contribution in [-0.2, 0) is 4.79 Å². The third-order valence-corrected chi connectivity index (χ3v) is 8.43. The van der Waals surface area contributed by atoms with Crippen LogP contribution in [0.4, 0.5) is 6.01 Å². The Labute approximate surface area is 227 Å². The maximum absolute atomic E-state index is 13.0. The summed E-state index contributed by atoms with van der Waals surface area (Å²) >= 11 is 0. The van der Waals surface area contributed by atoms with Crippen molar-refractivity contribution in [1.29, 1.82) is 0 Å². The number of hydrogen-bond donors (Lipinski definition) is 0. The Kier molecular flexibility index (Phi) is 8.67. The fourth-order valence-corrected chi connectivity index (χ4v) is 5.72. The number of hydrogen-bond acceptors (Lipinski definition) is 7. The molecule has 3 heterocycles. The van der Waals surface area contributed by atoms with E-state index in [1.807, 2.05) is 0 Å². The summed E-state index contributed by atoms with van der Waals surface area (Å²) in [6, 6.07) is 9.14. The molecule has 0 spiro atoms. The topological polar surface area (TPSA) is 74.9 Å². The van der Waals surface area contributed by atoms with Crippen LogP contribution in [0, 0.1) is 11.8 Å². The Hall–Kier alpha value is -2.87. The molecule has 8 nitrogen and oxygen atoms in total. The van der Waals surface area contributed by atoms with Crippen LogP contribution in [0.3, 0.4) is 0 Å². The van der Waals surface area contributed by atoms with Crippen molar-refractivity contribution in [2.75, 3.05) is 57.3 Å². The third kappa shape index (κ3) is 6.40. The first kappa shape index (κ1) is 26.7. The van der Waals surface area contributed by atoms with Crippen LogP contribution in [0.25, 0.3) is 5.57 Å². The number of carbonyl (C=O) groups excluding carboxylic acids is 1. The Morgan fingerprint density at radius 1 is 1.05 bits per heavy atom. The van der Waals surface area contributed by atoms with E-state index in [1.165, 1.54) is 11.1 Å². The van der Waals surface area contributed by atoms with Gasteiger partial charge in [0.15, 0.2) is 5.82 Å². The van der Waals surface area contributed by atoms with Gasteiger partial charge in [0.05, 0.1) is 6.61 Å². The van der Waals surface area contributed by atoms with Gasteiger partial charge in [-0.1, -0.05) is 44.1 Å². The van der Waals surface area contributed by atoms with Crippen molar-refractivity contribution in [2.45, 2.75) is 58.8 Å². The summed E-state index contributed by atoms with van der Waals surface area (Å²) in [5.74, 6) is 2.98. The minimum absolute atomic E-state index is 0.137. The number of rotatable bonds is 8.